The van der Waals surface area contributed by atoms with Gasteiger partial charge in [0.2, 0.25) is 15.9 Å². The Morgan fingerprint density at radius 3 is 2.48 bits per heavy atom. The molecular weight excluding hydrogens is 416 g/mol. The molecule has 1 fully saturated rings. The van der Waals surface area contributed by atoms with Crippen molar-refractivity contribution in [2.45, 2.75) is 38.1 Å². The highest BCUT2D eigenvalue weighted by atomic mass is 32.2. The zero-order valence-electron chi connectivity index (χ0n) is 18.5. The normalized spacial score (nSPS) is 16.0. The van der Waals surface area contributed by atoms with Crippen molar-refractivity contribution in [3.63, 3.8) is 0 Å². The van der Waals surface area contributed by atoms with E-state index in [4.69, 9.17) is 4.52 Å². The quantitative estimate of drug-likeness (QED) is 0.702. The molecule has 1 amide bonds. The molecule has 0 aliphatic carbocycles. The summed E-state index contributed by atoms with van der Waals surface area (Å²) in [6.07, 6.45) is 4.26. The summed E-state index contributed by atoms with van der Waals surface area (Å²) in [7, 11) is -0.0891. The van der Waals surface area contributed by atoms with Crippen molar-refractivity contribution in [2.75, 3.05) is 27.2 Å². The van der Waals surface area contributed by atoms with Crippen LogP contribution in [0.2, 0.25) is 0 Å². The van der Waals surface area contributed by atoms with Crippen LogP contribution < -0.4 is 5.32 Å². The Bertz CT molecular complexity index is 1030. The van der Waals surface area contributed by atoms with Crippen molar-refractivity contribution < 1.29 is 17.7 Å². The molecule has 31 heavy (non-hydrogen) atoms. The van der Waals surface area contributed by atoms with E-state index in [1.165, 1.54) is 9.87 Å². The van der Waals surface area contributed by atoms with Crippen LogP contribution in [-0.2, 0) is 21.4 Å². The third-order valence-corrected chi connectivity index (χ3v) is 7.42. The summed E-state index contributed by atoms with van der Waals surface area (Å²) >= 11 is 0. The predicted molar refractivity (Wildman–Crippen MR) is 118 cm³/mol. The zero-order valence-corrected chi connectivity index (χ0v) is 19.3. The first kappa shape index (κ1) is 23.0. The third kappa shape index (κ3) is 5.54. The monoisotopic (exact) mass is 446 g/mol. The minimum Gasteiger partial charge on any atom is -0.383 e. The Kier molecular flexibility index (Phi) is 7.17. The maximum absolute atomic E-state index is 13.2. The first-order chi connectivity index (χ1) is 14.7. The van der Waals surface area contributed by atoms with Crippen LogP contribution in [0.15, 0.2) is 39.9 Å². The largest absolute Gasteiger partial charge is 0.383 e. The van der Waals surface area contributed by atoms with Gasteiger partial charge in [0.15, 0.2) is 10.7 Å². The summed E-state index contributed by atoms with van der Waals surface area (Å²) in [5.74, 6) is -0.0221. The van der Waals surface area contributed by atoms with Gasteiger partial charge >= 0.3 is 0 Å². The van der Waals surface area contributed by atoms with Crippen LogP contribution in [0.5, 0.6) is 0 Å². The van der Waals surface area contributed by atoms with E-state index < -0.39 is 10.0 Å². The van der Waals surface area contributed by atoms with Crippen molar-refractivity contribution in [2.24, 2.45) is 5.92 Å². The summed E-state index contributed by atoms with van der Waals surface area (Å²) in [4.78, 5) is 14.4. The lowest BCUT2D eigenvalue weighted by Crippen LogP contribution is -2.43. The standard InChI is InChI=1S/C22H30N4O4S/c1-16-5-7-18(8-6-16)15-23-22(27)19-9-13-26(14-10-19)31(28,29)21-17(2)24-30-20(21)11-12-25(3)4/h5-8,11-12,19H,9-10,13-15H2,1-4H3,(H,23,27)/b12-11+. The van der Waals surface area contributed by atoms with E-state index in [9.17, 15) is 13.2 Å². The summed E-state index contributed by atoms with van der Waals surface area (Å²) < 4.78 is 33.1. The van der Waals surface area contributed by atoms with Gasteiger partial charge in [-0.15, -0.1) is 0 Å². The fourth-order valence-electron chi connectivity index (χ4n) is 3.54. The van der Waals surface area contributed by atoms with Gasteiger partial charge in [-0.3, -0.25) is 4.79 Å². The van der Waals surface area contributed by atoms with Crippen LogP contribution in [0.4, 0.5) is 0 Å². The average Bonchev–Trinajstić information content (AvgIpc) is 3.13. The lowest BCUT2D eigenvalue weighted by Gasteiger charge is -2.30. The van der Waals surface area contributed by atoms with Crippen molar-refractivity contribution >= 4 is 22.0 Å². The van der Waals surface area contributed by atoms with Crippen molar-refractivity contribution in [1.29, 1.82) is 0 Å². The second-order valence-electron chi connectivity index (χ2n) is 8.12. The maximum Gasteiger partial charge on any atom is 0.248 e. The molecule has 8 nitrogen and oxygen atoms in total. The van der Waals surface area contributed by atoms with Gasteiger partial charge in [0, 0.05) is 51.9 Å². The molecule has 1 N–H and O–H groups in total. The molecule has 0 saturated carbocycles. The lowest BCUT2D eigenvalue weighted by atomic mass is 9.97. The molecule has 1 aromatic heterocycles. The highest BCUT2D eigenvalue weighted by Gasteiger charge is 2.35. The number of nitrogens with zero attached hydrogens (tertiary/aromatic N) is 3. The number of nitrogens with one attached hydrogen (secondary N) is 1. The van der Waals surface area contributed by atoms with Crippen molar-refractivity contribution in [3.8, 4) is 0 Å². The highest BCUT2D eigenvalue weighted by Crippen LogP contribution is 2.29. The highest BCUT2D eigenvalue weighted by molar-refractivity contribution is 7.89. The van der Waals surface area contributed by atoms with Crippen molar-refractivity contribution in [3.05, 3.63) is 53.0 Å². The number of sulfonamides is 1. The summed E-state index contributed by atoms with van der Waals surface area (Å²) in [5.41, 5.74) is 2.55. The number of piperidine rings is 1. The van der Waals surface area contributed by atoms with E-state index in [-0.39, 0.29) is 35.6 Å². The van der Waals surface area contributed by atoms with Gasteiger partial charge in [0.05, 0.1) is 0 Å². The lowest BCUT2D eigenvalue weighted by molar-refractivity contribution is -0.126. The molecule has 0 radical (unpaired) electrons. The number of aromatic nitrogens is 1. The fourth-order valence-corrected chi connectivity index (χ4v) is 5.26. The van der Waals surface area contributed by atoms with E-state index in [1.54, 1.807) is 24.1 Å². The van der Waals surface area contributed by atoms with Crippen LogP contribution in [0, 0.1) is 19.8 Å². The molecule has 0 spiro atoms. The van der Waals surface area contributed by atoms with Crippen LogP contribution >= 0.6 is 0 Å². The average molecular weight is 447 g/mol. The molecule has 2 heterocycles. The topological polar surface area (TPSA) is 95.8 Å². The minimum absolute atomic E-state index is 0.0339. The minimum atomic E-state index is -3.76. The van der Waals surface area contributed by atoms with Gasteiger partial charge in [0.1, 0.15) is 5.69 Å². The van der Waals surface area contributed by atoms with Gasteiger partial charge in [-0.05, 0) is 32.3 Å². The van der Waals surface area contributed by atoms with E-state index in [2.05, 4.69) is 10.5 Å². The Labute approximate surface area is 183 Å². The van der Waals surface area contributed by atoms with E-state index in [0.717, 1.165) is 5.56 Å². The van der Waals surface area contributed by atoms with Crippen LogP contribution in [0.3, 0.4) is 0 Å². The van der Waals surface area contributed by atoms with Crippen molar-refractivity contribution in [1.82, 2.24) is 19.7 Å². The number of amides is 1. The number of carbonyl (C=O) groups excluding carboxylic acids is 1. The number of benzene rings is 1. The molecule has 168 valence electrons. The molecule has 2 aromatic rings. The van der Waals surface area contributed by atoms with E-state index in [0.29, 0.717) is 25.1 Å². The van der Waals surface area contributed by atoms with Crippen LogP contribution in [0.25, 0.3) is 6.08 Å². The first-order valence-electron chi connectivity index (χ1n) is 10.3. The number of aryl methyl sites for hydroxylation is 2. The molecule has 1 aliphatic heterocycles. The fraction of sp³-hybridized carbons (Fsp3) is 0.455. The number of rotatable bonds is 7. The summed E-state index contributed by atoms with van der Waals surface area (Å²) in [5, 5.41) is 6.81. The summed E-state index contributed by atoms with van der Waals surface area (Å²) in [6.45, 7) is 4.68. The Hall–Kier alpha value is -2.65. The molecule has 1 aliphatic rings. The van der Waals surface area contributed by atoms with Gasteiger partial charge in [-0.1, -0.05) is 35.0 Å². The van der Waals surface area contributed by atoms with Gasteiger partial charge < -0.3 is 14.7 Å². The smallest absolute Gasteiger partial charge is 0.248 e. The third-order valence-electron chi connectivity index (χ3n) is 5.37. The Balaban J connectivity index is 1.61. The van der Waals surface area contributed by atoms with Crippen LogP contribution in [0.1, 0.15) is 35.4 Å². The van der Waals surface area contributed by atoms with E-state index >= 15 is 0 Å². The first-order valence-corrected chi connectivity index (χ1v) is 11.8. The Morgan fingerprint density at radius 1 is 1.23 bits per heavy atom. The maximum atomic E-state index is 13.2. The summed E-state index contributed by atoms with van der Waals surface area (Å²) in [6, 6.07) is 8.02. The van der Waals surface area contributed by atoms with Gasteiger partial charge in [-0.25, -0.2) is 8.42 Å². The Morgan fingerprint density at radius 2 is 1.87 bits per heavy atom. The molecular formula is C22H30N4O4S. The molecule has 0 bridgehead atoms. The molecule has 1 saturated heterocycles. The predicted octanol–water partition coefficient (Wildman–Crippen LogP) is 2.54. The molecule has 9 heteroatoms. The van der Waals surface area contributed by atoms with Crippen LogP contribution in [-0.4, -0.2) is 55.9 Å². The number of hydrogen-bond acceptors (Lipinski definition) is 6. The second kappa shape index (κ2) is 9.65. The molecule has 0 unspecified atom stereocenters. The van der Waals surface area contributed by atoms with E-state index in [1.807, 2.05) is 45.3 Å². The van der Waals surface area contributed by atoms with Gasteiger partial charge in [0.25, 0.3) is 0 Å². The van der Waals surface area contributed by atoms with Gasteiger partial charge in [-0.2, -0.15) is 4.31 Å². The molecule has 1 aromatic carbocycles. The molecule has 3 rings (SSSR count). The molecule has 0 atom stereocenters. The SMILES string of the molecule is Cc1ccc(CNC(=O)C2CCN(S(=O)(=O)c3c(C)noc3/C=C/N(C)C)CC2)cc1. The number of carbonyl (C=O) groups is 1. The number of hydrogen-bond donors (Lipinski definition) is 1. The zero-order chi connectivity index (χ0) is 22.6. The second-order valence-corrected chi connectivity index (χ2v) is 10.00.